The predicted octanol–water partition coefficient (Wildman–Crippen LogP) is 4.87. The molecule has 6 heteroatoms. The van der Waals surface area contributed by atoms with Gasteiger partial charge in [-0.2, -0.15) is 0 Å². The summed E-state index contributed by atoms with van der Waals surface area (Å²) >= 11 is 0. The molecular formula is C21H20FNO3S. The molecule has 0 aliphatic heterocycles. The van der Waals surface area contributed by atoms with E-state index in [0.29, 0.717) is 11.1 Å². The van der Waals surface area contributed by atoms with Crippen molar-refractivity contribution in [3.05, 3.63) is 102 Å². The van der Waals surface area contributed by atoms with Crippen molar-refractivity contribution < 1.29 is 17.2 Å². The minimum atomic E-state index is -3.89. The van der Waals surface area contributed by atoms with Crippen LogP contribution in [-0.4, -0.2) is 8.42 Å². The number of benzene rings is 2. The molecular weight excluding hydrogens is 365 g/mol. The fourth-order valence-electron chi connectivity index (χ4n) is 2.95. The van der Waals surface area contributed by atoms with E-state index in [1.54, 1.807) is 42.5 Å². The Morgan fingerprint density at radius 1 is 1.04 bits per heavy atom. The first-order chi connectivity index (χ1) is 12.9. The molecule has 1 heterocycles. The molecule has 27 heavy (non-hydrogen) atoms. The third-order valence-corrected chi connectivity index (χ3v) is 5.80. The zero-order chi connectivity index (χ0) is 19.4. The molecule has 140 valence electrons. The summed E-state index contributed by atoms with van der Waals surface area (Å²) in [6.07, 6.45) is 2.83. The molecule has 3 aromatic rings. The second kappa shape index (κ2) is 7.90. The summed E-state index contributed by atoms with van der Waals surface area (Å²) in [5, 5.41) is 0. The Bertz CT molecular complexity index is 997. The van der Waals surface area contributed by atoms with Crippen molar-refractivity contribution in [1.29, 1.82) is 0 Å². The van der Waals surface area contributed by atoms with Crippen LogP contribution in [0.5, 0.6) is 0 Å². The molecule has 0 fully saturated rings. The molecule has 0 aliphatic carbocycles. The lowest BCUT2D eigenvalue weighted by atomic mass is 9.88. The van der Waals surface area contributed by atoms with E-state index in [1.165, 1.54) is 24.7 Å². The lowest BCUT2D eigenvalue weighted by Crippen LogP contribution is -2.32. The average Bonchev–Trinajstić information content (AvgIpc) is 3.16. The number of rotatable bonds is 7. The van der Waals surface area contributed by atoms with Crippen LogP contribution in [-0.2, 0) is 10.0 Å². The maximum Gasteiger partial charge on any atom is 0.241 e. The zero-order valence-corrected chi connectivity index (χ0v) is 15.6. The monoisotopic (exact) mass is 385 g/mol. The highest BCUT2D eigenvalue weighted by molar-refractivity contribution is 7.89. The van der Waals surface area contributed by atoms with Crippen LogP contribution in [0.25, 0.3) is 0 Å². The second-order valence-electron chi connectivity index (χ2n) is 6.30. The highest BCUT2D eigenvalue weighted by Crippen LogP contribution is 2.38. The summed E-state index contributed by atoms with van der Waals surface area (Å²) in [6, 6.07) is 16.0. The Kier molecular flexibility index (Phi) is 5.58. The molecule has 2 aromatic carbocycles. The minimum Gasteiger partial charge on any atom is -0.472 e. The number of hydrogen-bond donors (Lipinski definition) is 1. The molecule has 1 N–H and O–H groups in total. The van der Waals surface area contributed by atoms with Gasteiger partial charge in [0.1, 0.15) is 5.83 Å². The quantitative estimate of drug-likeness (QED) is 0.631. The largest absolute Gasteiger partial charge is 0.472 e. The Morgan fingerprint density at radius 3 is 2.26 bits per heavy atom. The Morgan fingerprint density at radius 2 is 1.70 bits per heavy atom. The number of furan rings is 1. The van der Waals surface area contributed by atoms with Gasteiger partial charge in [0.25, 0.3) is 0 Å². The van der Waals surface area contributed by atoms with Crippen LogP contribution in [0.15, 0.2) is 94.9 Å². The molecule has 0 bridgehead atoms. The smallest absolute Gasteiger partial charge is 0.241 e. The zero-order valence-electron chi connectivity index (χ0n) is 14.8. The summed E-state index contributed by atoms with van der Waals surface area (Å²) in [6.45, 7) is 5.32. The summed E-state index contributed by atoms with van der Waals surface area (Å²) in [4.78, 5) is 0.109. The third kappa shape index (κ3) is 4.35. The van der Waals surface area contributed by atoms with E-state index >= 15 is 0 Å². The Balaban J connectivity index is 2.04. The van der Waals surface area contributed by atoms with Gasteiger partial charge in [0.05, 0.1) is 29.4 Å². The summed E-state index contributed by atoms with van der Waals surface area (Å²) < 4.78 is 48.0. The number of nitrogens with one attached hydrogen (secondary N) is 1. The molecule has 4 nitrogen and oxygen atoms in total. The topological polar surface area (TPSA) is 59.3 Å². The van der Waals surface area contributed by atoms with Crippen LogP contribution in [0, 0.1) is 6.92 Å². The first-order valence-corrected chi connectivity index (χ1v) is 9.87. The number of halogens is 1. The third-order valence-electron chi connectivity index (χ3n) is 4.35. The van der Waals surface area contributed by atoms with E-state index < -0.39 is 27.8 Å². The van der Waals surface area contributed by atoms with Gasteiger partial charge >= 0.3 is 0 Å². The van der Waals surface area contributed by atoms with E-state index in [2.05, 4.69) is 11.3 Å². The van der Waals surface area contributed by atoms with E-state index in [1.807, 2.05) is 13.0 Å². The average molecular weight is 385 g/mol. The van der Waals surface area contributed by atoms with Crippen LogP contribution < -0.4 is 4.72 Å². The van der Waals surface area contributed by atoms with Crippen molar-refractivity contribution in [1.82, 2.24) is 4.72 Å². The maximum absolute atomic E-state index is 14.5. The molecule has 1 aromatic heterocycles. The highest BCUT2D eigenvalue weighted by atomic mass is 32.2. The van der Waals surface area contributed by atoms with E-state index in [4.69, 9.17) is 4.42 Å². The standard InChI is InChI=1S/C21H20FNO3S/c1-15-8-10-19(11-9-15)27(24,25)23-21(18-12-13-26-14-18)20(16(2)22)17-6-4-3-5-7-17/h3-14,20-21,23H,2H2,1H3. The van der Waals surface area contributed by atoms with Crippen LogP contribution in [0.4, 0.5) is 4.39 Å². The Hall–Kier alpha value is -2.70. The minimum absolute atomic E-state index is 0.109. The van der Waals surface area contributed by atoms with Gasteiger partial charge in [0, 0.05) is 5.56 Å². The molecule has 2 atom stereocenters. The summed E-state index contributed by atoms with van der Waals surface area (Å²) in [5.41, 5.74) is 2.07. The predicted molar refractivity (Wildman–Crippen MR) is 102 cm³/mol. The molecule has 0 saturated heterocycles. The van der Waals surface area contributed by atoms with Gasteiger partial charge in [0.2, 0.25) is 10.0 Å². The first-order valence-electron chi connectivity index (χ1n) is 8.39. The molecule has 0 radical (unpaired) electrons. The molecule has 0 aliphatic rings. The van der Waals surface area contributed by atoms with Gasteiger partial charge in [-0.05, 0) is 30.7 Å². The van der Waals surface area contributed by atoms with Crippen molar-refractivity contribution >= 4 is 10.0 Å². The van der Waals surface area contributed by atoms with E-state index in [0.717, 1.165) is 5.56 Å². The van der Waals surface area contributed by atoms with Gasteiger partial charge in [-0.3, -0.25) is 0 Å². The highest BCUT2D eigenvalue weighted by Gasteiger charge is 2.32. The van der Waals surface area contributed by atoms with Crippen molar-refractivity contribution in [2.75, 3.05) is 0 Å². The maximum atomic E-state index is 14.5. The van der Waals surface area contributed by atoms with Gasteiger partial charge in [0.15, 0.2) is 0 Å². The molecule has 0 spiro atoms. The first kappa shape index (κ1) is 19.1. The molecule has 3 rings (SSSR count). The fourth-order valence-corrected chi connectivity index (χ4v) is 4.18. The van der Waals surface area contributed by atoms with Crippen molar-refractivity contribution in [2.45, 2.75) is 23.8 Å². The SMILES string of the molecule is C=C(F)C(c1ccccc1)C(NS(=O)(=O)c1ccc(C)cc1)c1ccoc1. The van der Waals surface area contributed by atoms with Crippen molar-refractivity contribution in [3.63, 3.8) is 0 Å². The van der Waals surface area contributed by atoms with E-state index in [9.17, 15) is 12.8 Å². The Labute approximate surface area is 158 Å². The van der Waals surface area contributed by atoms with Crippen molar-refractivity contribution in [3.8, 4) is 0 Å². The molecule has 0 amide bonds. The lowest BCUT2D eigenvalue weighted by molar-refractivity contribution is 0.457. The molecule has 2 unspecified atom stereocenters. The fraction of sp³-hybridized carbons (Fsp3) is 0.143. The number of aryl methyl sites for hydroxylation is 1. The lowest BCUT2D eigenvalue weighted by Gasteiger charge is -2.26. The number of hydrogen-bond acceptors (Lipinski definition) is 3. The second-order valence-corrected chi connectivity index (χ2v) is 8.02. The van der Waals surface area contributed by atoms with Crippen LogP contribution in [0.3, 0.4) is 0 Å². The molecule has 0 saturated carbocycles. The summed E-state index contributed by atoms with van der Waals surface area (Å²) in [7, 11) is -3.89. The van der Waals surface area contributed by atoms with Crippen LogP contribution >= 0.6 is 0 Å². The normalized spacial score (nSPS) is 13.9. The van der Waals surface area contributed by atoms with Crippen molar-refractivity contribution in [2.24, 2.45) is 0 Å². The van der Waals surface area contributed by atoms with Gasteiger partial charge < -0.3 is 4.42 Å². The van der Waals surface area contributed by atoms with Gasteiger partial charge in [-0.1, -0.05) is 54.6 Å². The van der Waals surface area contributed by atoms with E-state index in [-0.39, 0.29) is 4.90 Å². The van der Waals surface area contributed by atoms with Crippen LogP contribution in [0.2, 0.25) is 0 Å². The van der Waals surface area contributed by atoms with Gasteiger partial charge in [-0.25, -0.2) is 17.5 Å². The summed E-state index contributed by atoms with van der Waals surface area (Å²) in [5.74, 6) is -1.54. The number of sulfonamides is 1. The van der Waals surface area contributed by atoms with Gasteiger partial charge in [-0.15, -0.1) is 0 Å². The van der Waals surface area contributed by atoms with Crippen LogP contribution in [0.1, 0.15) is 28.7 Å².